The van der Waals surface area contributed by atoms with Gasteiger partial charge in [-0.15, -0.1) is 0 Å². The van der Waals surface area contributed by atoms with E-state index in [1.807, 2.05) is 32.9 Å². The molecule has 3 aromatic rings. The topological polar surface area (TPSA) is 91.1 Å². The molecule has 0 saturated heterocycles. The van der Waals surface area contributed by atoms with Gasteiger partial charge < -0.3 is 19.3 Å². The van der Waals surface area contributed by atoms with E-state index in [-0.39, 0.29) is 35.8 Å². The molecule has 3 heterocycles. The van der Waals surface area contributed by atoms with E-state index >= 15 is 0 Å². The number of carbonyl (C=O) groups excluding carboxylic acids is 2. The zero-order valence-corrected chi connectivity index (χ0v) is 18.3. The molecule has 7 nitrogen and oxygen atoms in total. The Morgan fingerprint density at radius 2 is 1.75 bits per heavy atom. The summed E-state index contributed by atoms with van der Waals surface area (Å²) in [6.45, 7) is 5.77. The van der Waals surface area contributed by atoms with Crippen molar-refractivity contribution in [2.45, 2.75) is 32.7 Å². The SMILES string of the molecule is CCCN1C(=O)[C@@]2(c3ccccc31)c1c(oc3cc(C)c(C)cc3c1=O)C(=O)N2CCO. The van der Waals surface area contributed by atoms with Gasteiger partial charge in [-0.25, -0.2) is 0 Å². The van der Waals surface area contributed by atoms with E-state index in [1.165, 1.54) is 4.90 Å². The molecule has 0 aliphatic carbocycles. The molecule has 2 aliphatic rings. The summed E-state index contributed by atoms with van der Waals surface area (Å²) in [5, 5.41) is 10.1. The minimum atomic E-state index is -1.64. The second kappa shape index (κ2) is 7.03. The van der Waals surface area contributed by atoms with Crippen LogP contribution < -0.4 is 10.3 Å². The number of rotatable bonds is 4. The third-order valence-electron chi connectivity index (χ3n) is 6.62. The lowest BCUT2D eigenvalue weighted by Gasteiger charge is -2.33. The van der Waals surface area contributed by atoms with Crippen molar-refractivity contribution in [1.29, 1.82) is 0 Å². The van der Waals surface area contributed by atoms with E-state index in [0.717, 1.165) is 11.1 Å². The Morgan fingerprint density at radius 1 is 1.03 bits per heavy atom. The highest BCUT2D eigenvalue weighted by Crippen LogP contribution is 2.52. The Labute approximate surface area is 184 Å². The van der Waals surface area contributed by atoms with Crippen LogP contribution in [0.1, 0.15) is 46.2 Å². The van der Waals surface area contributed by atoms with E-state index in [9.17, 15) is 19.5 Å². The summed E-state index contributed by atoms with van der Waals surface area (Å²) in [6.07, 6.45) is 0.710. The van der Waals surface area contributed by atoms with Crippen molar-refractivity contribution >= 4 is 28.5 Å². The number of aliphatic hydroxyl groups excluding tert-OH is 1. The quantitative estimate of drug-likeness (QED) is 0.685. The maximum Gasteiger partial charge on any atom is 0.291 e. The van der Waals surface area contributed by atoms with Crippen LogP contribution in [0.25, 0.3) is 11.0 Å². The summed E-state index contributed by atoms with van der Waals surface area (Å²) in [5.74, 6) is -1.05. The number of amides is 2. The molecule has 0 fully saturated rings. The molecule has 0 radical (unpaired) electrons. The summed E-state index contributed by atoms with van der Waals surface area (Å²) in [4.78, 5) is 44.4. The van der Waals surface area contributed by atoms with Crippen molar-refractivity contribution in [1.82, 2.24) is 4.90 Å². The minimum absolute atomic E-state index is 0.0442. The van der Waals surface area contributed by atoms with Crippen LogP contribution in [-0.2, 0) is 10.3 Å². The average molecular weight is 432 g/mol. The monoisotopic (exact) mass is 432 g/mol. The summed E-state index contributed by atoms with van der Waals surface area (Å²) >= 11 is 0. The third kappa shape index (κ3) is 2.37. The van der Waals surface area contributed by atoms with Gasteiger partial charge in [0.2, 0.25) is 5.76 Å². The molecule has 2 aliphatic heterocycles. The summed E-state index contributed by atoms with van der Waals surface area (Å²) in [7, 11) is 0. The van der Waals surface area contributed by atoms with Gasteiger partial charge in [-0.3, -0.25) is 14.4 Å². The number of aliphatic hydroxyl groups is 1. The maximum atomic E-state index is 14.0. The Morgan fingerprint density at radius 3 is 2.47 bits per heavy atom. The standard InChI is InChI=1S/C25H24N2O5/c1-4-9-26-18-8-6-5-7-17(18)25(24(26)31)20-21(29)16-12-14(2)15(3)13-19(16)32-22(20)23(30)27(25)10-11-28/h5-8,12-13,28H,4,9-11H2,1-3H3/t25-/m1/s1. The van der Waals surface area contributed by atoms with Crippen molar-refractivity contribution in [2.24, 2.45) is 0 Å². The number of aryl methyl sites for hydroxylation is 2. The lowest BCUT2D eigenvalue weighted by Crippen LogP contribution is -2.54. The van der Waals surface area contributed by atoms with Crippen molar-refractivity contribution in [3.63, 3.8) is 0 Å². The van der Waals surface area contributed by atoms with Gasteiger partial charge in [0.25, 0.3) is 11.8 Å². The van der Waals surface area contributed by atoms with E-state index in [2.05, 4.69) is 0 Å². The molecule has 1 spiro atoms. The lowest BCUT2D eigenvalue weighted by molar-refractivity contribution is -0.126. The first-order valence-corrected chi connectivity index (χ1v) is 10.8. The number of hydrogen-bond donors (Lipinski definition) is 1. The molecule has 32 heavy (non-hydrogen) atoms. The fourth-order valence-corrected chi connectivity index (χ4v) is 5.09. The second-order valence-electron chi connectivity index (χ2n) is 8.43. The molecule has 0 saturated carbocycles. The number of para-hydroxylation sites is 1. The molecule has 2 amide bonds. The molecular weight excluding hydrogens is 408 g/mol. The largest absolute Gasteiger partial charge is 0.450 e. The van der Waals surface area contributed by atoms with E-state index in [4.69, 9.17) is 4.42 Å². The molecule has 7 heteroatoms. The highest BCUT2D eigenvalue weighted by molar-refractivity contribution is 6.17. The Hall–Kier alpha value is -3.45. The molecule has 1 atom stereocenters. The van der Waals surface area contributed by atoms with Gasteiger partial charge in [0, 0.05) is 18.7 Å². The van der Waals surface area contributed by atoms with E-state index < -0.39 is 11.4 Å². The first-order valence-electron chi connectivity index (χ1n) is 10.8. The molecule has 5 rings (SSSR count). The molecule has 2 aromatic carbocycles. The van der Waals surface area contributed by atoms with Crippen molar-refractivity contribution in [3.05, 3.63) is 74.6 Å². The fraction of sp³-hybridized carbons (Fsp3) is 0.320. The zero-order chi connectivity index (χ0) is 22.8. The number of carbonyl (C=O) groups is 2. The van der Waals surface area contributed by atoms with Gasteiger partial charge in [-0.1, -0.05) is 25.1 Å². The molecular formula is C25H24N2O5. The van der Waals surface area contributed by atoms with Crippen molar-refractivity contribution < 1.29 is 19.1 Å². The van der Waals surface area contributed by atoms with Crippen LogP contribution in [0.2, 0.25) is 0 Å². The minimum Gasteiger partial charge on any atom is -0.450 e. The van der Waals surface area contributed by atoms with Crippen LogP contribution in [-0.4, -0.2) is 41.5 Å². The summed E-state index contributed by atoms with van der Waals surface area (Å²) in [6, 6.07) is 10.7. The first-order chi connectivity index (χ1) is 15.4. The first kappa shape index (κ1) is 20.5. The summed E-state index contributed by atoms with van der Waals surface area (Å²) < 4.78 is 6.01. The number of β-amino-alcohol motifs (C(OH)–C–C–N with tert-alkyl or cyclic N) is 1. The van der Waals surface area contributed by atoms with Gasteiger partial charge in [-0.05, 0) is 49.6 Å². The van der Waals surface area contributed by atoms with Crippen LogP contribution in [0.4, 0.5) is 5.69 Å². The normalized spacial score (nSPS) is 19.4. The third-order valence-corrected chi connectivity index (χ3v) is 6.62. The number of nitrogens with zero attached hydrogens (tertiary/aromatic N) is 2. The highest BCUT2D eigenvalue weighted by Gasteiger charge is 2.64. The Kier molecular flexibility index (Phi) is 4.49. The predicted octanol–water partition coefficient (Wildman–Crippen LogP) is 2.86. The highest BCUT2D eigenvalue weighted by atomic mass is 16.3. The number of hydrogen-bond acceptors (Lipinski definition) is 5. The van der Waals surface area contributed by atoms with Crippen LogP contribution in [0.3, 0.4) is 0 Å². The van der Waals surface area contributed by atoms with E-state index in [0.29, 0.717) is 35.2 Å². The van der Waals surface area contributed by atoms with Gasteiger partial charge in [0.1, 0.15) is 5.58 Å². The maximum absolute atomic E-state index is 14.0. The Balaban J connectivity index is 1.93. The van der Waals surface area contributed by atoms with Crippen LogP contribution in [0.5, 0.6) is 0 Å². The van der Waals surface area contributed by atoms with Gasteiger partial charge >= 0.3 is 0 Å². The van der Waals surface area contributed by atoms with Crippen molar-refractivity contribution in [3.8, 4) is 0 Å². The fourth-order valence-electron chi connectivity index (χ4n) is 5.09. The number of anilines is 1. The molecule has 0 bridgehead atoms. The van der Waals surface area contributed by atoms with Crippen LogP contribution in [0, 0.1) is 13.8 Å². The molecule has 164 valence electrons. The van der Waals surface area contributed by atoms with Gasteiger partial charge in [0.15, 0.2) is 11.0 Å². The predicted molar refractivity (Wildman–Crippen MR) is 120 cm³/mol. The molecule has 1 aromatic heterocycles. The molecule has 0 unspecified atom stereocenters. The Bertz CT molecular complexity index is 1360. The lowest BCUT2D eigenvalue weighted by atomic mass is 9.84. The second-order valence-corrected chi connectivity index (χ2v) is 8.43. The van der Waals surface area contributed by atoms with Crippen LogP contribution in [0.15, 0.2) is 45.6 Å². The molecule has 1 N–H and O–H groups in total. The zero-order valence-electron chi connectivity index (χ0n) is 18.3. The number of fused-ring (bicyclic) bond motifs is 5. The average Bonchev–Trinajstić information content (AvgIpc) is 3.16. The summed E-state index contributed by atoms with van der Waals surface area (Å²) in [5.41, 5.74) is 1.41. The smallest absolute Gasteiger partial charge is 0.291 e. The van der Waals surface area contributed by atoms with E-state index in [1.54, 1.807) is 29.2 Å². The van der Waals surface area contributed by atoms with Crippen molar-refractivity contribution in [2.75, 3.05) is 24.6 Å². The van der Waals surface area contributed by atoms with Gasteiger partial charge in [0.05, 0.1) is 23.2 Å². The number of benzene rings is 2. The van der Waals surface area contributed by atoms with Crippen LogP contribution >= 0.6 is 0 Å². The van der Waals surface area contributed by atoms with Gasteiger partial charge in [-0.2, -0.15) is 0 Å².